The van der Waals surface area contributed by atoms with Crippen LogP contribution in [-0.4, -0.2) is 11.0 Å². The fourth-order valence-electron chi connectivity index (χ4n) is 2.68. The van der Waals surface area contributed by atoms with Gasteiger partial charge in [-0.1, -0.05) is 33.6 Å². The van der Waals surface area contributed by atoms with Crippen LogP contribution in [0, 0.1) is 11.3 Å². The summed E-state index contributed by atoms with van der Waals surface area (Å²) in [6.45, 7) is 7.09. The molecular formula is C16H23N3. The number of rotatable bonds is 3. The van der Waals surface area contributed by atoms with Gasteiger partial charge in [0.2, 0.25) is 0 Å². The Kier molecular flexibility index (Phi) is 4.21. The molecule has 1 heterocycles. The summed E-state index contributed by atoms with van der Waals surface area (Å²) < 4.78 is 0. The molecule has 1 aliphatic carbocycles. The van der Waals surface area contributed by atoms with Gasteiger partial charge in [0, 0.05) is 24.2 Å². The van der Waals surface area contributed by atoms with E-state index in [0.717, 1.165) is 17.8 Å². The molecule has 102 valence electrons. The molecule has 3 nitrogen and oxygen atoms in total. The van der Waals surface area contributed by atoms with Crippen LogP contribution in [0.25, 0.3) is 0 Å². The lowest BCUT2D eigenvalue weighted by atomic mass is 9.88. The van der Waals surface area contributed by atoms with Crippen LogP contribution in [0.5, 0.6) is 0 Å². The first kappa shape index (κ1) is 14.0. The van der Waals surface area contributed by atoms with Crippen molar-refractivity contribution in [2.24, 2.45) is 0 Å². The van der Waals surface area contributed by atoms with Gasteiger partial charge in [-0.2, -0.15) is 5.26 Å². The predicted molar refractivity (Wildman–Crippen MR) is 76.7 cm³/mol. The van der Waals surface area contributed by atoms with Crippen LogP contribution >= 0.6 is 0 Å². The maximum atomic E-state index is 9.28. The molecule has 3 heteroatoms. The fraction of sp³-hybridized carbons (Fsp3) is 0.625. The van der Waals surface area contributed by atoms with Gasteiger partial charge in [-0.25, -0.2) is 0 Å². The smallest absolute Gasteiger partial charge is 0.101 e. The molecule has 0 aromatic carbocycles. The summed E-state index contributed by atoms with van der Waals surface area (Å²) in [7, 11) is 0. The highest BCUT2D eigenvalue weighted by atomic mass is 14.9. The highest BCUT2D eigenvalue weighted by molar-refractivity contribution is 5.39. The third kappa shape index (κ3) is 3.54. The first-order valence-electron chi connectivity index (χ1n) is 7.13. The van der Waals surface area contributed by atoms with Gasteiger partial charge in [0.1, 0.15) is 6.07 Å². The minimum Gasteiger partial charge on any atom is -0.310 e. The van der Waals surface area contributed by atoms with E-state index in [0.29, 0.717) is 11.6 Å². The third-order valence-electron chi connectivity index (χ3n) is 3.73. The summed E-state index contributed by atoms with van der Waals surface area (Å²) in [5, 5.41) is 12.8. The highest BCUT2D eigenvalue weighted by Crippen LogP contribution is 2.24. The second kappa shape index (κ2) is 5.71. The van der Waals surface area contributed by atoms with Crippen molar-refractivity contribution in [1.82, 2.24) is 10.3 Å². The second-order valence-electron chi connectivity index (χ2n) is 6.46. The lowest BCUT2D eigenvalue weighted by Crippen LogP contribution is -2.25. The molecule has 19 heavy (non-hydrogen) atoms. The van der Waals surface area contributed by atoms with E-state index in [2.05, 4.69) is 37.1 Å². The van der Waals surface area contributed by atoms with Crippen molar-refractivity contribution < 1.29 is 0 Å². The Labute approximate surface area is 116 Å². The molecule has 2 rings (SSSR count). The normalized spacial score (nSPS) is 16.5. The van der Waals surface area contributed by atoms with Crippen LogP contribution in [-0.2, 0) is 12.0 Å². The highest BCUT2D eigenvalue weighted by Gasteiger charge is 2.20. The quantitative estimate of drug-likeness (QED) is 0.904. The zero-order valence-corrected chi connectivity index (χ0v) is 12.2. The van der Waals surface area contributed by atoms with Gasteiger partial charge in [0.15, 0.2) is 0 Å². The monoisotopic (exact) mass is 257 g/mol. The lowest BCUT2D eigenvalue weighted by Gasteiger charge is -2.20. The van der Waals surface area contributed by atoms with E-state index >= 15 is 0 Å². The van der Waals surface area contributed by atoms with Crippen LogP contribution in [0.1, 0.15) is 63.3 Å². The molecule has 1 aromatic rings. The molecule has 1 saturated carbocycles. The summed E-state index contributed by atoms with van der Waals surface area (Å²) in [5.74, 6) is 0. The van der Waals surface area contributed by atoms with Crippen molar-refractivity contribution in [3.05, 3.63) is 29.1 Å². The van der Waals surface area contributed by atoms with E-state index in [-0.39, 0.29) is 5.41 Å². The van der Waals surface area contributed by atoms with E-state index in [1.54, 1.807) is 0 Å². The first-order valence-corrected chi connectivity index (χ1v) is 7.13. The van der Waals surface area contributed by atoms with Crippen molar-refractivity contribution in [2.45, 2.75) is 64.5 Å². The summed E-state index contributed by atoms with van der Waals surface area (Å²) in [4.78, 5) is 4.50. The molecule has 0 radical (unpaired) electrons. The van der Waals surface area contributed by atoms with Crippen molar-refractivity contribution in [3.8, 4) is 6.07 Å². The number of hydrogen-bond donors (Lipinski definition) is 1. The average molecular weight is 257 g/mol. The molecule has 0 bridgehead atoms. The van der Waals surface area contributed by atoms with Gasteiger partial charge >= 0.3 is 0 Å². The standard InChI is InChI=1S/C16H23N3/c1-16(2,3)15-13(9-17)8-12(11-19-15)10-18-14-6-4-5-7-14/h8,11,14,18H,4-7,10H2,1-3H3. The van der Waals surface area contributed by atoms with Gasteiger partial charge in [0.05, 0.1) is 11.3 Å². The third-order valence-corrected chi connectivity index (χ3v) is 3.73. The minimum atomic E-state index is -0.0809. The Morgan fingerprint density at radius 1 is 1.37 bits per heavy atom. The van der Waals surface area contributed by atoms with Gasteiger partial charge in [-0.3, -0.25) is 4.98 Å². The molecule has 0 spiro atoms. The topological polar surface area (TPSA) is 48.7 Å². The molecule has 1 aliphatic rings. The maximum absolute atomic E-state index is 9.28. The predicted octanol–water partition coefficient (Wildman–Crippen LogP) is 3.28. The zero-order valence-electron chi connectivity index (χ0n) is 12.2. The summed E-state index contributed by atoms with van der Waals surface area (Å²) in [6, 6.07) is 4.91. The van der Waals surface area contributed by atoms with Crippen molar-refractivity contribution in [2.75, 3.05) is 0 Å². The minimum absolute atomic E-state index is 0.0809. The van der Waals surface area contributed by atoms with E-state index in [1.165, 1.54) is 25.7 Å². The van der Waals surface area contributed by atoms with Crippen LogP contribution in [0.4, 0.5) is 0 Å². The number of nitrogens with zero attached hydrogens (tertiary/aromatic N) is 2. The molecule has 1 N–H and O–H groups in total. The first-order chi connectivity index (χ1) is 9.00. The van der Waals surface area contributed by atoms with Gasteiger partial charge in [-0.05, 0) is 24.5 Å². The Balaban J connectivity index is 2.08. The van der Waals surface area contributed by atoms with Crippen molar-refractivity contribution in [1.29, 1.82) is 5.26 Å². The average Bonchev–Trinajstić information content (AvgIpc) is 2.88. The van der Waals surface area contributed by atoms with Crippen LogP contribution in [0.3, 0.4) is 0 Å². The summed E-state index contributed by atoms with van der Waals surface area (Å²) >= 11 is 0. The van der Waals surface area contributed by atoms with Gasteiger partial charge in [0.25, 0.3) is 0 Å². The number of pyridine rings is 1. The number of hydrogen-bond acceptors (Lipinski definition) is 3. The number of nitrogens with one attached hydrogen (secondary N) is 1. The summed E-state index contributed by atoms with van der Waals surface area (Å²) in [5.41, 5.74) is 2.62. The lowest BCUT2D eigenvalue weighted by molar-refractivity contribution is 0.521. The fourth-order valence-corrected chi connectivity index (χ4v) is 2.68. The molecule has 0 aliphatic heterocycles. The Bertz CT molecular complexity index is 474. The molecule has 1 fully saturated rings. The molecule has 0 unspecified atom stereocenters. The second-order valence-corrected chi connectivity index (χ2v) is 6.46. The zero-order chi connectivity index (χ0) is 13.9. The molecule has 0 saturated heterocycles. The largest absolute Gasteiger partial charge is 0.310 e. The summed E-state index contributed by atoms with van der Waals surface area (Å²) in [6.07, 6.45) is 7.13. The molecular weight excluding hydrogens is 234 g/mol. The van der Waals surface area contributed by atoms with Gasteiger partial charge in [-0.15, -0.1) is 0 Å². The number of aromatic nitrogens is 1. The Morgan fingerprint density at radius 3 is 2.63 bits per heavy atom. The van der Waals surface area contributed by atoms with E-state index < -0.39 is 0 Å². The Hall–Kier alpha value is -1.40. The molecule has 0 atom stereocenters. The SMILES string of the molecule is CC(C)(C)c1ncc(CNC2CCCC2)cc1C#N. The van der Waals surface area contributed by atoms with Crippen LogP contribution in [0.15, 0.2) is 12.3 Å². The maximum Gasteiger partial charge on any atom is 0.101 e. The van der Waals surface area contributed by atoms with Crippen molar-refractivity contribution in [3.63, 3.8) is 0 Å². The van der Waals surface area contributed by atoms with Crippen molar-refractivity contribution >= 4 is 0 Å². The van der Waals surface area contributed by atoms with Gasteiger partial charge < -0.3 is 5.32 Å². The van der Waals surface area contributed by atoms with E-state index in [9.17, 15) is 5.26 Å². The van der Waals surface area contributed by atoms with Crippen LogP contribution < -0.4 is 5.32 Å². The molecule has 1 aromatic heterocycles. The van der Waals surface area contributed by atoms with E-state index in [4.69, 9.17) is 0 Å². The Morgan fingerprint density at radius 2 is 2.05 bits per heavy atom. The number of nitriles is 1. The van der Waals surface area contributed by atoms with E-state index in [1.807, 2.05) is 12.3 Å². The van der Waals surface area contributed by atoms with Crippen LogP contribution in [0.2, 0.25) is 0 Å². The molecule has 0 amide bonds.